The predicted octanol–water partition coefficient (Wildman–Crippen LogP) is 5.28. The minimum atomic E-state index is 0.682. The Morgan fingerprint density at radius 3 is 2.57 bits per heavy atom. The van der Waals surface area contributed by atoms with Crippen molar-refractivity contribution in [2.75, 3.05) is 12.3 Å². The molecule has 118 valence electrons. The molecule has 1 saturated carbocycles. The van der Waals surface area contributed by atoms with E-state index in [1.165, 1.54) is 48.3 Å². The lowest BCUT2D eigenvalue weighted by atomic mass is 9.79. The first-order valence-corrected chi connectivity index (χ1v) is 9.61. The summed E-state index contributed by atoms with van der Waals surface area (Å²) in [5, 5.41) is 3.82. The SMILES string of the molecule is CCCNC(CSc1ccccc1C)C1CCC(C)CC1. The van der Waals surface area contributed by atoms with Crippen LogP contribution in [0.25, 0.3) is 0 Å². The van der Waals surface area contributed by atoms with Gasteiger partial charge >= 0.3 is 0 Å². The molecule has 21 heavy (non-hydrogen) atoms. The molecule has 2 heteroatoms. The number of rotatable bonds is 7. The number of thioether (sulfide) groups is 1. The molecule has 0 radical (unpaired) electrons. The van der Waals surface area contributed by atoms with Gasteiger partial charge in [-0.1, -0.05) is 44.9 Å². The minimum absolute atomic E-state index is 0.682. The van der Waals surface area contributed by atoms with E-state index in [-0.39, 0.29) is 0 Å². The molecule has 1 unspecified atom stereocenters. The largest absolute Gasteiger partial charge is 0.313 e. The Bertz CT molecular complexity index is 410. The first kappa shape index (κ1) is 16.9. The van der Waals surface area contributed by atoms with Crippen molar-refractivity contribution in [1.29, 1.82) is 0 Å². The van der Waals surface area contributed by atoms with Crippen molar-refractivity contribution in [3.05, 3.63) is 29.8 Å². The summed E-state index contributed by atoms with van der Waals surface area (Å²) < 4.78 is 0. The molecule has 1 aromatic rings. The van der Waals surface area contributed by atoms with E-state index < -0.39 is 0 Å². The summed E-state index contributed by atoms with van der Waals surface area (Å²) in [7, 11) is 0. The van der Waals surface area contributed by atoms with Gasteiger partial charge in [0.25, 0.3) is 0 Å². The van der Waals surface area contributed by atoms with Crippen molar-refractivity contribution < 1.29 is 0 Å². The maximum absolute atomic E-state index is 3.82. The third kappa shape index (κ3) is 5.34. The van der Waals surface area contributed by atoms with Crippen LogP contribution in [0.4, 0.5) is 0 Å². The maximum atomic E-state index is 3.82. The van der Waals surface area contributed by atoms with Gasteiger partial charge in [-0.25, -0.2) is 0 Å². The van der Waals surface area contributed by atoms with Gasteiger partial charge in [-0.3, -0.25) is 0 Å². The van der Waals surface area contributed by atoms with E-state index in [0.717, 1.165) is 18.4 Å². The molecule has 0 spiro atoms. The van der Waals surface area contributed by atoms with Gasteiger partial charge < -0.3 is 5.32 Å². The van der Waals surface area contributed by atoms with Crippen molar-refractivity contribution in [1.82, 2.24) is 5.32 Å². The molecule has 0 saturated heterocycles. The summed E-state index contributed by atoms with van der Waals surface area (Å²) in [6.07, 6.45) is 6.90. The average molecular weight is 306 g/mol. The molecule has 1 nitrogen and oxygen atoms in total. The van der Waals surface area contributed by atoms with E-state index in [0.29, 0.717) is 6.04 Å². The Morgan fingerprint density at radius 2 is 1.90 bits per heavy atom. The van der Waals surface area contributed by atoms with Gasteiger partial charge in [0.2, 0.25) is 0 Å². The zero-order valence-corrected chi connectivity index (χ0v) is 14.7. The van der Waals surface area contributed by atoms with Crippen LogP contribution in [0.1, 0.15) is 51.5 Å². The standard InChI is InChI=1S/C19H31NS/c1-4-13-20-18(17-11-9-15(2)10-12-17)14-21-19-8-6-5-7-16(19)3/h5-8,15,17-18,20H,4,9-14H2,1-3H3. The van der Waals surface area contributed by atoms with E-state index in [2.05, 4.69) is 50.4 Å². The quantitative estimate of drug-likeness (QED) is 0.688. The van der Waals surface area contributed by atoms with Crippen LogP contribution in [0.15, 0.2) is 29.2 Å². The molecule has 1 atom stereocenters. The van der Waals surface area contributed by atoms with Crippen LogP contribution in [-0.4, -0.2) is 18.3 Å². The second-order valence-corrected chi connectivity index (χ2v) is 7.72. The van der Waals surface area contributed by atoms with Crippen LogP contribution in [0.2, 0.25) is 0 Å². The molecule has 1 aliphatic carbocycles. The molecule has 1 aliphatic rings. The van der Waals surface area contributed by atoms with E-state index in [1.54, 1.807) is 0 Å². The number of nitrogens with one attached hydrogen (secondary N) is 1. The summed E-state index contributed by atoms with van der Waals surface area (Å²) in [6.45, 7) is 8.05. The molecule has 0 aromatic heterocycles. The Morgan fingerprint density at radius 1 is 1.19 bits per heavy atom. The van der Waals surface area contributed by atoms with Gasteiger partial charge in [0.1, 0.15) is 0 Å². The monoisotopic (exact) mass is 305 g/mol. The molecule has 1 aromatic carbocycles. The second-order valence-electron chi connectivity index (χ2n) is 6.66. The fraction of sp³-hybridized carbons (Fsp3) is 0.684. The van der Waals surface area contributed by atoms with Gasteiger partial charge in [0, 0.05) is 16.7 Å². The van der Waals surface area contributed by atoms with Crippen LogP contribution in [0.5, 0.6) is 0 Å². The Balaban J connectivity index is 1.91. The van der Waals surface area contributed by atoms with Crippen LogP contribution < -0.4 is 5.32 Å². The number of hydrogen-bond acceptors (Lipinski definition) is 2. The average Bonchev–Trinajstić information content (AvgIpc) is 2.50. The van der Waals surface area contributed by atoms with Crippen molar-refractivity contribution in [2.45, 2.75) is 63.8 Å². The normalized spacial score (nSPS) is 24.0. The lowest BCUT2D eigenvalue weighted by Crippen LogP contribution is -2.40. The molecule has 1 fully saturated rings. The van der Waals surface area contributed by atoms with Crippen molar-refractivity contribution >= 4 is 11.8 Å². The first-order chi connectivity index (χ1) is 10.2. The fourth-order valence-corrected chi connectivity index (χ4v) is 4.50. The summed E-state index contributed by atoms with van der Waals surface area (Å²) in [5.41, 5.74) is 1.41. The number of benzene rings is 1. The summed E-state index contributed by atoms with van der Waals surface area (Å²) in [6, 6.07) is 9.46. The Hall–Kier alpha value is -0.470. The smallest absolute Gasteiger partial charge is 0.0189 e. The van der Waals surface area contributed by atoms with Crippen molar-refractivity contribution in [3.63, 3.8) is 0 Å². The summed E-state index contributed by atoms with van der Waals surface area (Å²) >= 11 is 2.04. The molecule has 0 aliphatic heterocycles. The first-order valence-electron chi connectivity index (χ1n) is 8.62. The molecular weight excluding hydrogens is 274 g/mol. The van der Waals surface area contributed by atoms with E-state index in [4.69, 9.17) is 0 Å². The van der Waals surface area contributed by atoms with E-state index >= 15 is 0 Å². The molecule has 0 bridgehead atoms. The second kappa shape index (κ2) is 8.85. The summed E-state index contributed by atoms with van der Waals surface area (Å²) in [5.74, 6) is 3.03. The molecule has 1 N–H and O–H groups in total. The van der Waals surface area contributed by atoms with Gasteiger partial charge in [0.05, 0.1) is 0 Å². The van der Waals surface area contributed by atoms with Crippen molar-refractivity contribution in [3.8, 4) is 0 Å². The molecule has 0 amide bonds. The molecule has 2 rings (SSSR count). The highest BCUT2D eigenvalue weighted by atomic mass is 32.2. The van der Waals surface area contributed by atoms with Gasteiger partial charge in [0.15, 0.2) is 0 Å². The van der Waals surface area contributed by atoms with Crippen LogP contribution in [0.3, 0.4) is 0 Å². The van der Waals surface area contributed by atoms with Crippen LogP contribution >= 0.6 is 11.8 Å². The Kier molecular flexibility index (Phi) is 7.12. The fourth-order valence-electron chi connectivity index (χ4n) is 3.28. The van der Waals surface area contributed by atoms with Crippen LogP contribution in [0, 0.1) is 18.8 Å². The lowest BCUT2D eigenvalue weighted by molar-refractivity contribution is 0.242. The molecule has 0 heterocycles. The topological polar surface area (TPSA) is 12.0 Å². The van der Waals surface area contributed by atoms with Crippen LogP contribution in [-0.2, 0) is 0 Å². The highest BCUT2D eigenvalue weighted by molar-refractivity contribution is 7.99. The van der Waals surface area contributed by atoms with Gasteiger partial charge in [-0.05, 0) is 56.2 Å². The maximum Gasteiger partial charge on any atom is 0.0189 e. The number of aryl methyl sites for hydroxylation is 1. The predicted molar refractivity (Wildman–Crippen MR) is 95.1 cm³/mol. The Labute approximate surface area is 135 Å². The lowest BCUT2D eigenvalue weighted by Gasteiger charge is -2.33. The van der Waals surface area contributed by atoms with E-state index in [9.17, 15) is 0 Å². The third-order valence-electron chi connectivity index (χ3n) is 4.80. The highest BCUT2D eigenvalue weighted by Crippen LogP contribution is 2.33. The van der Waals surface area contributed by atoms with Gasteiger partial charge in [-0.2, -0.15) is 0 Å². The third-order valence-corrected chi connectivity index (χ3v) is 6.09. The zero-order chi connectivity index (χ0) is 15.1. The van der Waals surface area contributed by atoms with E-state index in [1.807, 2.05) is 11.8 Å². The molecular formula is C19H31NS. The number of hydrogen-bond donors (Lipinski definition) is 1. The summed E-state index contributed by atoms with van der Waals surface area (Å²) in [4.78, 5) is 1.45. The van der Waals surface area contributed by atoms with Gasteiger partial charge in [-0.15, -0.1) is 11.8 Å². The van der Waals surface area contributed by atoms with Crippen molar-refractivity contribution in [2.24, 2.45) is 11.8 Å². The zero-order valence-electron chi connectivity index (χ0n) is 13.9. The minimum Gasteiger partial charge on any atom is -0.313 e. The highest BCUT2D eigenvalue weighted by Gasteiger charge is 2.25.